The van der Waals surface area contributed by atoms with E-state index in [0.717, 1.165) is 0 Å². The van der Waals surface area contributed by atoms with Crippen LogP contribution in [0.15, 0.2) is 17.3 Å². The van der Waals surface area contributed by atoms with E-state index in [9.17, 15) is 4.79 Å². The summed E-state index contributed by atoms with van der Waals surface area (Å²) in [6.07, 6.45) is 2.12. The Morgan fingerprint density at radius 1 is 1.50 bits per heavy atom. The van der Waals surface area contributed by atoms with E-state index in [2.05, 4.69) is 15.3 Å². The van der Waals surface area contributed by atoms with Gasteiger partial charge in [-0.25, -0.2) is 4.98 Å². The highest BCUT2D eigenvalue weighted by molar-refractivity contribution is 6.37. The van der Waals surface area contributed by atoms with Gasteiger partial charge < -0.3 is 5.32 Å². The molecule has 16 heavy (non-hydrogen) atoms. The summed E-state index contributed by atoms with van der Waals surface area (Å²) in [6, 6.07) is 1.22. The number of hydrogen-bond donors (Lipinski definition) is 1. The fourth-order valence-corrected chi connectivity index (χ4v) is 1.90. The van der Waals surface area contributed by atoms with Crippen LogP contribution in [0.3, 0.4) is 0 Å². The lowest BCUT2D eigenvalue weighted by Crippen LogP contribution is -2.29. The summed E-state index contributed by atoms with van der Waals surface area (Å²) in [5.41, 5.74) is 0.454. The van der Waals surface area contributed by atoms with Crippen molar-refractivity contribution in [3.8, 4) is 0 Å². The van der Waals surface area contributed by atoms with Crippen LogP contribution < -0.4 is 5.32 Å². The molecule has 0 aromatic carbocycles. The second kappa shape index (κ2) is 4.39. The van der Waals surface area contributed by atoms with Crippen molar-refractivity contribution in [2.75, 3.05) is 0 Å². The Hall–Kier alpha value is -1.13. The largest absolute Gasteiger partial charge is 0.307 e. The minimum atomic E-state index is -0.344. The molecule has 1 N–H and O–H groups in total. The molecule has 1 atom stereocenters. The van der Waals surface area contributed by atoms with Crippen molar-refractivity contribution in [1.29, 1.82) is 0 Å². The molecule has 0 bridgehead atoms. The number of aromatic nitrogens is 1. The molecule has 1 aromatic heterocycles. The monoisotopic (exact) mass is 257 g/mol. The molecule has 0 radical (unpaired) electrons. The number of amidine groups is 1. The van der Waals surface area contributed by atoms with Gasteiger partial charge in [0.05, 0.1) is 10.0 Å². The zero-order chi connectivity index (χ0) is 11.7. The molecule has 4 nitrogen and oxygen atoms in total. The molecule has 1 aliphatic rings. The molecule has 1 aliphatic heterocycles. The Kier molecular flexibility index (Phi) is 3.12. The average Bonchev–Trinajstić information content (AvgIpc) is 2.59. The molecule has 0 saturated heterocycles. The number of amides is 1. The van der Waals surface area contributed by atoms with Crippen LogP contribution in [0.25, 0.3) is 0 Å². The van der Waals surface area contributed by atoms with Gasteiger partial charge in [0.15, 0.2) is 5.84 Å². The molecule has 6 heteroatoms. The van der Waals surface area contributed by atoms with Gasteiger partial charge in [-0.15, -0.1) is 0 Å². The highest BCUT2D eigenvalue weighted by Crippen LogP contribution is 2.20. The number of carbonyl (C=O) groups is 1. The van der Waals surface area contributed by atoms with E-state index < -0.39 is 0 Å². The van der Waals surface area contributed by atoms with Gasteiger partial charge in [-0.3, -0.25) is 9.79 Å². The number of hydrogen-bond acceptors (Lipinski definition) is 3. The number of halogens is 2. The first-order valence-corrected chi connectivity index (χ1v) is 5.57. The highest BCUT2D eigenvalue weighted by atomic mass is 35.5. The third-order valence-electron chi connectivity index (χ3n) is 2.25. The van der Waals surface area contributed by atoms with Crippen molar-refractivity contribution < 1.29 is 4.79 Å². The molecule has 1 amide bonds. The van der Waals surface area contributed by atoms with Crippen molar-refractivity contribution in [3.63, 3.8) is 0 Å². The van der Waals surface area contributed by atoms with Gasteiger partial charge in [0.25, 0.3) is 0 Å². The van der Waals surface area contributed by atoms with Crippen molar-refractivity contribution in [2.45, 2.75) is 19.4 Å². The Balaban J connectivity index is 2.36. The SMILES string of the molecule is CCC1N=C(c2ncc(Cl)cc2Cl)NC1=O. The predicted octanol–water partition coefficient (Wildman–Crippen LogP) is 2.04. The van der Waals surface area contributed by atoms with Crippen molar-refractivity contribution in [3.05, 3.63) is 28.0 Å². The van der Waals surface area contributed by atoms with Gasteiger partial charge in [0, 0.05) is 6.20 Å². The van der Waals surface area contributed by atoms with Crippen LogP contribution in [0.4, 0.5) is 0 Å². The lowest BCUT2D eigenvalue weighted by molar-refractivity contribution is -0.120. The molecule has 0 fully saturated rings. The number of rotatable bonds is 2. The zero-order valence-corrected chi connectivity index (χ0v) is 10.0. The second-order valence-electron chi connectivity index (χ2n) is 3.37. The Morgan fingerprint density at radius 2 is 2.25 bits per heavy atom. The Morgan fingerprint density at radius 3 is 2.81 bits per heavy atom. The Bertz CT molecular complexity index is 473. The van der Waals surface area contributed by atoms with E-state index >= 15 is 0 Å². The van der Waals surface area contributed by atoms with Gasteiger partial charge in [-0.2, -0.15) is 0 Å². The van der Waals surface area contributed by atoms with E-state index in [4.69, 9.17) is 23.2 Å². The van der Waals surface area contributed by atoms with Crippen molar-refractivity contribution in [2.24, 2.45) is 4.99 Å². The molecule has 84 valence electrons. The fraction of sp³-hybridized carbons (Fsp3) is 0.300. The first-order chi connectivity index (χ1) is 7.61. The van der Waals surface area contributed by atoms with Crippen LogP contribution in [0.2, 0.25) is 10.0 Å². The minimum Gasteiger partial charge on any atom is -0.307 e. The maximum atomic E-state index is 11.4. The molecule has 0 spiro atoms. The summed E-state index contributed by atoms with van der Waals surface area (Å²) in [5.74, 6) is 0.295. The first-order valence-electron chi connectivity index (χ1n) is 4.82. The van der Waals surface area contributed by atoms with Crippen molar-refractivity contribution in [1.82, 2.24) is 10.3 Å². The van der Waals surface area contributed by atoms with Gasteiger partial charge in [0.1, 0.15) is 11.7 Å². The number of nitrogens with one attached hydrogen (secondary N) is 1. The standard InChI is InChI=1S/C10H9Cl2N3O/c1-2-7-10(16)15-9(14-7)8-6(12)3-5(11)4-13-8/h3-4,7H,2H2,1H3,(H,14,15,16). The fourth-order valence-electron chi connectivity index (χ4n) is 1.43. The smallest absolute Gasteiger partial charge is 0.250 e. The molecule has 1 unspecified atom stereocenters. The predicted molar refractivity (Wildman–Crippen MR) is 63.0 cm³/mol. The summed E-state index contributed by atoms with van der Waals surface area (Å²) in [5, 5.41) is 3.48. The minimum absolute atomic E-state index is 0.120. The molecule has 0 aliphatic carbocycles. The average molecular weight is 258 g/mol. The molecule has 2 rings (SSSR count). The van der Waals surface area contributed by atoms with Crippen LogP contribution >= 0.6 is 23.2 Å². The number of carbonyl (C=O) groups excluding carboxylic acids is 1. The number of nitrogens with zero attached hydrogens (tertiary/aromatic N) is 2. The summed E-state index contributed by atoms with van der Waals surface area (Å²) in [7, 11) is 0. The van der Waals surface area contributed by atoms with Gasteiger partial charge >= 0.3 is 0 Å². The molecular formula is C10H9Cl2N3O. The van der Waals surface area contributed by atoms with E-state index in [-0.39, 0.29) is 11.9 Å². The van der Waals surface area contributed by atoms with Crippen LogP contribution in [0, 0.1) is 0 Å². The molecule has 2 heterocycles. The normalized spacial score (nSPS) is 19.6. The van der Waals surface area contributed by atoms with E-state index in [1.165, 1.54) is 6.20 Å². The van der Waals surface area contributed by atoms with Gasteiger partial charge in [0.2, 0.25) is 5.91 Å². The maximum Gasteiger partial charge on any atom is 0.250 e. The van der Waals surface area contributed by atoms with Crippen LogP contribution in [0.1, 0.15) is 19.0 Å². The summed E-state index contributed by atoms with van der Waals surface area (Å²) in [6.45, 7) is 1.90. The third kappa shape index (κ3) is 2.03. The van der Waals surface area contributed by atoms with Gasteiger partial charge in [-0.1, -0.05) is 30.1 Å². The lowest BCUT2D eigenvalue weighted by atomic mass is 10.2. The second-order valence-corrected chi connectivity index (χ2v) is 4.22. The molecular weight excluding hydrogens is 249 g/mol. The van der Waals surface area contributed by atoms with Crippen molar-refractivity contribution >= 4 is 34.9 Å². The highest BCUT2D eigenvalue weighted by Gasteiger charge is 2.27. The third-order valence-corrected chi connectivity index (χ3v) is 2.74. The van der Waals surface area contributed by atoms with Crippen LogP contribution in [0.5, 0.6) is 0 Å². The number of pyridine rings is 1. The summed E-state index contributed by atoms with van der Waals surface area (Å²) >= 11 is 11.7. The molecule has 0 saturated carbocycles. The Labute approximate surface area is 103 Å². The molecule has 1 aromatic rings. The summed E-state index contributed by atoms with van der Waals surface area (Å²) < 4.78 is 0. The topological polar surface area (TPSA) is 54.4 Å². The van der Waals surface area contributed by atoms with Crippen LogP contribution in [-0.4, -0.2) is 22.8 Å². The number of aliphatic imine (C=N–C) groups is 1. The first kappa shape index (κ1) is 11.4. The summed E-state index contributed by atoms with van der Waals surface area (Å²) in [4.78, 5) is 19.7. The zero-order valence-electron chi connectivity index (χ0n) is 8.50. The maximum absolute atomic E-state index is 11.4. The lowest BCUT2D eigenvalue weighted by Gasteiger charge is -2.02. The van der Waals surface area contributed by atoms with E-state index in [0.29, 0.717) is 28.0 Å². The van der Waals surface area contributed by atoms with Crippen LogP contribution in [-0.2, 0) is 4.79 Å². The van der Waals surface area contributed by atoms with E-state index in [1.807, 2.05) is 6.92 Å². The van der Waals surface area contributed by atoms with E-state index in [1.54, 1.807) is 6.07 Å². The quantitative estimate of drug-likeness (QED) is 0.882. The van der Waals surface area contributed by atoms with Gasteiger partial charge in [-0.05, 0) is 12.5 Å².